The Morgan fingerprint density at radius 3 is 2.82 bits per heavy atom. The third kappa shape index (κ3) is 3.43. The van der Waals surface area contributed by atoms with E-state index in [1.54, 1.807) is 0 Å². The van der Waals surface area contributed by atoms with Gasteiger partial charge in [-0.2, -0.15) is 5.10 Å². The molecule has 0 spiro atoms. The van der Waals surface area contributed by atoms with Crippen LogP contribution in [0, 0.1) is 0 Å². The number of hydrogen-bond donors (Lipinski definition) is 2. The van der Waals surface area contributed by atoms with Gasteiger partial charge in [-0.05, 0) is 49.3 Å². The van der Waals surface area contributed by atoms with E-state index in [1.807, 2.05) is 30.5 Å². The number of hydrogen-bond acceptors (Lipinski definition) is 5. The van der Waals surface area contributed by atoms with E-state index in [1.165, 1.54) is 19.1 Å². The van der Waals surface area contributed by atoms with Crippen LogP contribution in [0.25, 0.3) is 11.3 Å². The van der Waals surface area contributed by atoms with E-state index < -0.39 is 0 Å². The Morgan fingerprint density at radius 1 is 1.32 bits per heavy atom. The molecule has 0 bridgehead atoms. The maximum atomic E-state index is 5.69. The van der Waals surface area contributed by atoms with Gasteiger partial charge < -0.3 is 15.1 Å². The van der Waals surface area contributed by atoms with Crippen LogP contribution in [-0.4, -0.2) is 29.4 Å². The van der Waals surface area contributed by atoms with Crippen molar-refractivity contribution in [1.82, 2.24) is 10.4 Å². The maximum absolute atomic E-state index is 5.69. The Balaban J connectivity index is 1.70. The second kappa shape index (κ2) is 6.57. The number of aromatic nitrogens is 1. The topological polar surface area (TPSA) is 79.7 Å². The summed E-state index contributed by atoms with van der Waals surface area (Å²) in [5, 5.41) is 3.97. The fourth-order valence-corrected chi connectivity index (χ4v) is 2.45. The molecule has 3 rings (SSSR count). The Kier molecular flexibility index (Phi) is 4.34. The molecule has 6 nitrogen and oxygen atoms in total. The van der Waals surface area contributed by atoms with Crippen LogP contribution >= 0.6 is 12.2 Å². The predicted octanol–water partition coefficient (Wildman–Crippen LogP) is 2.11. The third-order valence-corrected chi connectivity index (χ3v) is 3.55. The normalized spacial score (nSPS) is 14.6. The standard InChI is InChI=1S/C15H17N5OS/c16-15(22)19-18-10-12-4-5-13(21-12)11-3-6-14(17-9-11)20-7-1-2-8-20/h3-6,9-10H,1-2,7-8H2,(H3,16,19,22). The van der Waals surface area contributed by atoms with Gasteiger partial charge in [0.1, 0.15) is 17.3 Å². The summed E-state index contributed by atoms with van der Waals surface area (Å²) in [6, 6.07) is 7.77. The molecule has 114 valence electrons. The first-order chi connectivity index (χ1) is 10.7. The second-order valence-electron chi connectivity index (χ2n) is 5.04. The van der Waals surface area contributed by atoms with E-state index in [4.69, 9.17) is 10.2 Å². The van der Waals surface area contributed by atoms with Gasteiger partial charge in [-0.3, -0.25) is 5.43 Å². The summed E-state index contributed by atoms with van der Waals surface area (Å²) in [6.07, 6.45) is 5.84. The number of rotatable bonds is 4. The van der Waals surface area contributed by atoms with Gasteiger partial charge in [0.2, 0.25) is 0 Å². The first-order valence-corrected chi connectivity index (χ1v) is 7.53. The van der Waals surface area contributed by atoms with Crippen LogP contribution in [0.5, 0.6) is 0 Å². The highest BCUT2D eigenvalue weighted by Gasteiger charge is 2.13. The van der Waals surface area contributed by atoms with Crippen molar-refractivity contribution >= 4 is 29.4 Å². The summed E-state index contributed by atoms with van der Waals surface area (Å²) in [7, 11) is 0. The monoisotopic (exact) mass is 315 g/mol. The minimum atomic E-state index is 0.115. The molecule has 3 heterocycles. The lowest BCUT2D eigenvalue weighted by Gasteiger charge is -2.15. The van der Waals surface area contributed by atoms with Crippen molar-refractivity contribution in [3.63, 3.8) is 0 Å². The molecule has 7 heteroatoms. The first kappa shape index (κ1) is 14.5. The van der Waals surface area contributed by atoms with Crippen LogP contribution in [0.4, 0.5) is 5.82 Å². The number of anilines is 1. The highest BCUT2D eigenvalue weighted by atomic mass is 32.1. The minimum Gasteiger partial charge on any atom is -0.455 e. The number of nitrogens with two attached hydrogens (primary N) is 1. The molecule has 0 aromatic carbocycles. The van der Waals surface area contributed by atoms with Crippen molar-refractivity contribution in [1.29, 1.82) is 0 Å². The van der Waals surface area contributed by atoms with E-state index in [0.29, 0.717) is 5.76 Å². The molecule has 0 atom stereocenters. The van der Waals surface area contributed by atoms with E-state index in [0.717, 1.165) is 30.2 Å². The molecular weight excluding hydrogens is 298 g/mol. The predicted molar refractivity (Wildman–Crippen MR) is 90.9 cm³/mol. The number of hydrazone groups is 1. The summed E-state index contributed by atoms with van der Waals surface area (Å²) < 4.78 is 5.69. The average molecular weight is 315 g/mol. The summed E-state index contributed by atoms with van der Waals surface area (Å²) >= 11 is 4.66. The van der Waals surface area contributed by atoms with Crippen LogP contribution < -0.4 is 16.1 Å². The van der Waals surface area contributed by atoms with Gasteiger partial charge in [0, 0.05) is 24.8 Å². The third-order valence-electron chi connectivity index (χ3n) is 3.46. The minimum absolute atomic E-state index is 0.115. The summed E-state index contributed by atoms with van der Waals surface area (Å²) in [5.74, 6) is 2.38. The Hall–Kier alpha value is -2.41. The molecule has 0 radical (unpaired) electrons. The van der Waals surface area contributed by atoms with Crippen LogP contribution in [0.15, 0.2) is 40.0 Å². The molecule has 1 aliphatic heterocycles. The smallest absolute Gasteiger partial charge is 0.184 e. The molecule has 0 amide bonds. The lowest BCUT2D eigenvalue weighted by Crippen LogP contribution is -2.23. The highest BCUT2D eigenvalue weighted by molar-refractivity contribution is 7.80. The Bertz CT molecular complexity index is 673. The number of nitrogens with zero attached hydrogens (tertiary/aromatic N) is 3. The summed E-state index contributed by atoms with van der Waals surface area (Å²) in [5.41, 5.74) is 8.70. The highest BCUT2D eigenvalue weighted by Crippen LogP contribution is 2.24. The quantitative estimate of drug-likeness (QED) is 0.511. The molecule has 2 aromatic rings. The zero-order chi connectivity index (χ0) is 15.4. The Morgan fingerprint density at radius 2 is 2.14 bits per heavy atom. The van der Waals surface area contributed by atoms with Crippen LogP contribution in [0.3, 0.4) is 0 Å². The zero-order valence-electron chi connectivity index (χ0n) is 12.0. The number of furan rings is 1. The number of pyridine rings is 1. The summed E-state index contributed by atoms with van der Waals surface area (Å²) in [4.78, 5) is 6.82. The fourth-order valence-electron chi connectivity index (χ4n) is 2.40. The molecule has 0 saturated carbocycles. The molecule has 0 aliphatic carbocycles. The van der Waals surface area contributed by atoms with Crippen molar-refractivity contribution in [3.05, 3.63) is 36.2 Å². The van der Waals surface area contributed by atoms with E-state index >= 15 is 0 Å². The van der Waals surface area contributed by atoms with Gasteiger partial charge in [0.05, 0.1) is 6.21 Å². The molecule has 1 fully saturated rings. The van der Waals surface area contributed by atoms with Crippen molar-refractivity contribution in [3.8, 4) is 11.3 Å². The van der Waals surface area contributed by atoms with Gasteiger partial charge >= 0.3 is 0 Å². The van der Waals surface area contributed by atoms with E-state index in [2.05, 4.69) is 32.6 Å². The van der Waals surface area contributed by atoms with Crippen molar-refractivity contribution in [2.45, 2.75) is 12.8 Å². The van der Waals surface area contributed by atoms with Gasteiger partial charge in [-0.15, -0.1) is 0 Å². The van der Waals surface area contributed by atoms with E-state index in [-0.39, 0.29) is 5.11 Å². The number of nitrogens with one attached hydrogen (secondary N) is 1. The molecular formula is C15H17N5OS. The molecule has 2 aromatic heterocycles. The van der Waals surface area contributed by atoms with Gasteiger partial charge in [0.15, 0.2) is 5.11 Å². The van der Waals surface area contributed by atoms with Crippen molar-refractivity contribution in [2.24, 2.45) is 10.8 Å². The average Bonchev–Trinajstić information content (AvgIpc) is 3.19. The van der Waals surface area contributed by atoms with Crippen LogP contribution in [0.1, 0.15) is 18.6 Å². The summed E-state index contributed by atoms with van der Waals surface area (Å²) in [6.45, 7) is 2.17. The second-order valence-corrected chi connectivity index (χ2v) is 5.48. The molecule has 0 unspecified atom stereocenters. The molecule has 3 N–H and O–H groups in total. The number of thiocarbonyl (C=S) groups is 1. The largest absolute Gasteiger partial charge is 0.455 e. The van der Waals surface area contributed by atoms with Gasteiger partial charge in [-0.25, -0.2) is 4.98 Å². The SMILES string of the molecule is NC(=S)NN=Cc1ccc(-c2ccc(N3CCCC3)nc2)o1. The van der Waals surface area contributed by atoms with Gasteiger partial charge in [0.25, 0.3) is 0 Å². The van der Waals surface area contributed by atoms with Crippen molar-refractivity contribution in [2.75, 3.05) is 18.0 Å². The molecule has 1 saturated heterocycles. The van der Waals surface area contributed by atoms with E-state index in [9.17, 15) is 0 Å². The first-order valence-electron chi connectivity index (χ1n) is 7.12. The van der Waals surface area contributed by atoms with Crippen molar-refractivity contribution < 1.29 is 4.42 Å². The van der Waals surface area contributed by atoms with Crippen LogP contribution in [0.2, 0.25) is 0 Å². The maximum Gasteiger partial charge on any atom is 0.184 e. The zero-order valence-corrected chi connectivity index (χ0v) is 12.8. The van der Waals surface area contributed by atoms with Gasteiger partial charge in [-0.1, -0.05) is 0 Å². The Labute approximate surface area is 134 Å². The molecule has 1 aliphatic rings. The van der Waals surface area contributed by atoms with Crippen LogP contribution in [-0.2, 0) is 0 Å². The molecule has 22 heavy (non-hydrogen) atoms. The lowest BCUT2D eigenvalue weighted by atomic mass is 10.2. The fraction of sp³-hybridized carbons (Fsp3) is 0.267. The lowest BCUT2D eigenvalue weighted by molar-refractivity contribution is 0.574.